The number of nitrogens with one attached hydrogen (secondary N) is 1. The van der Waals surface area contributed by atoms with Gasteiger partial charge in [-0.15, -0.1) is 6.58 Å². The molecule has 4 rings (SSSR count). The van der Waals surface area contributed by atoms with Crippen molar-refractivity contribution in [1.29, 1.82) is 0 Å². The molecule has 2 fully saturated rings. The summed E-state index contributed by atoms with van der Waals surface area (Å²) in [6, 6.07) is 5.07. The highest BCUT2D eigenvalue weighted by molar-refractivity contribution is 5.95. The van der Waals surface area contributed by atoms with E-state index in [1.807, 2.05) is 25.1 Å². The predicted octanol–water partition coefficient (Wildman–Crippen LogP) is 1.91. The number of carbonyl (C=O) groups excluding carboxylic acids is 1. The van der Waals surface area contributed by atoms with E-state index in [1.54, 1.807) is 6.07 Å². The van der Waals surface area contributed by atoms with Crippen molar-refractivity contribution in [2.24, 2.45) is 0 Å². The van der Waals surface area contributed by atoms with E-state index in [-0.39, 0.29) is 11.5 Å². The number of nitrogens with zero attached hydrogens (tertiary/aromatic N) is 1. The van der Waals surface area contributed by atoms with Gasteiger partial charge in [0, 0.05) is 38.0 Å². The van der Waals surface area contributed by atoms with E-state index >= 15 is 0 Å². The van der Waals surface area contributed by atoms with Crippen molar-refractivity contribution in [3.05, 3.63) is 42.0 Å². The largest absolute Gasteiger partial charge is 0.493 e. The first-order valence-corrected chi connectivity index (χ1v) is 10.2. The fourth-order valence-corrected chi connectivity index (χ4v) is 4.68. The number of hydrogen-bond acceptors (Lipinski definition) is 5. The van der Waals surface area contributed by atoms with Crippen LogP contribution in [0.25, 0.3) is 0 Å². The second-order valence-electron chi connectivity index (χ2n) is 8.56. The van der Waals surface area contributed by atoms with Crippen LogP contribution in [0.1, 0.15) is 42.1 Å². The fraction of sp³-hybridized carbons (Fsp3) is 0.591. The number of amides is 1. The maximum atomic E-state index is 12.7. The highest BCUT2D eigenvalue weighted by Gasteiger charge is 2.49. The molecule has 0 saturated carbocycles. The number of likely N-dealkylation sites (tertiary alicyclic amines) is 1. The summed E-state index contributed by atoms with van der Waals surface area (Å²) in [6.07, 6.45) is 5.06. The van der Waals surface area contributed by atoms with Crippen LogP contribution in [0, 0.1) is 0 Å². The quantitative estimate of drug-likeness (QED) is 0.774. The Bertz CT molecular complexity index is 753. The Morgan fingerprint density at radius 2 is 2.21 bits per heavy atom. The molecule has 0 radical (unpaired) electrons. The second-order valence-corrected chi connectivity index (χ2v) is 8.56. The standard InChI is InChI=1S/C22H30N2O4/c1-3-9-24-10-7-22(8-11-24)15-21(2,26)19(14-28-22)23-20(25)17-4-5-18-16(13-17)6-12-27-18/h3-5,13,19,26H,1,6-12,14-15H2,2H3,(H,23,25)/t19-,21-/m0/s1. The molecule has 0 aromatic heterocycles. The summed E-state index contributed by atoms with van der Waals surface area (Å²) in [7, 11) is 0. The third-order valence-corrected chi connectivity index (χ3v) is 6.40. The zero-order chi connectivity index (χ0) is 19.8. The SMILES string of the molecule is C=CCN1CCC2(CC1)C[C@](C)(O)[C@@H](NC(=O)c1ccc3c(c1)CCO3)CO2. The van der Waals surface area contributed by atoms with Crippen LogP contribution in [0.4, 0.5) is 0 Å². The lowest BCUT2D eigenvalue weighted by Crippen LogP contribution is -2.63. The molecule has 3 aliphatic rings. The Labute approximate surface area is 166 Å². The van der Waals surface area contributed by atoms with Gasteiger partial charge in [0.05, 0.1) is 30.5 Å². The van der Waals surface area contributed by atoms with Gasteiger partial charge in [0.25, 0.3) is 5.91 Å². The number of aliphatic hydroxyl groups is 1. The molecule has 3 aliphatic heterocycles. The molecule has 1 amide bonds. The molecule has 2 saturated heterocycles. The smallest absolute Gasteiger partial charge is 0.251 e. The predicted molar refractivity (Wildman–Crippen MR) is 107 cm³/mol. The molecular formula is C22H30N2O4. The number of piperidine rings is 1. The highest BCUT2D eigenvalue weighted by atomic mass is 16.5. The monoisotopic (exact) mass is 386 g/mol. The molecule has 1 spiro atoms. The number of rotatable bonds is 4. The number of benzene rings is 1. The van der Waals surface area contributed by atoms with Crippen LogP contribution in [0.5, 0.6) is 5.75 Å². The third kappa shape index (κ3) is 3.81. The number of ether oxygens (including phenoxy) is 2. The van der Waals surface area contributed by atoms with Crippen molar-refractivity contribution >= 4 is 5.91 Å². The molecule has 3 heterocycles. The van der Waals surface area contributed by atoms with Crippen LogP contribution in [-0.4, -0.2) is 66.0 Å². The zero-order valence-corrected chi connectivity index (χ0v) is 16.6. The maximum absolute atomic E-state index is 12.7. The van der Waals surface area contributed by atoms with Crippen molar-refractivity contribution in [3.63, 3.8) is 0 Å². The first-order valence-electron chi connectivity index (χ1n) is 10.2. The summed E-state index contributed by atoms with van der Waals surface area (Å²) in [5.74, 6) is 0.676. The summed E-state index contributed by atoms with van der Waals surface area (Å²) in [5.41, 5.74) is 0.351. The Kier molecular flexibility index (Phi) is 5.21. The molecule has 6 heteroatoms. The van der Waals surface area contributed by atoms with E-state index in [2.05, 4.69) is 16.8 Å². The molecule has 2 atom stereocenters. The average Bonchev–Trinajstić information content (AvgIpc) is 3.14. The normalized spacial score (nSPS) is 29.1. The minimum absolute atomic E-state index is 0.180. The van der Waals surface area contributed by atoms with Gasteiger partial charge in [-0.2, -0.15) is 0 Å². The minimum Gasteiger partial charge on any atom is -0.493 e. The minimum atomic E-state index is -1.01. The van der Waals surface area contributed by atoms with E-state index in [0.717, 1.165) is 50.2 Å². The molecule has 1 aromatic carbocycles. The van der Waals surface area contributed by atoms with Gasteiger partial charge in [-0.25, -0.2) is 0 Å². The summed E-state index contributed by atoms with van der Waals surface area (Å²) >= 11 is 0. The van der Waals surface area contributed by atoms with Crippen LogP contribution in [0.3, 0.4) is 0 Å². The van der Waals surface area contributed by atoms with Crippen LogP contribution in [0.2, 0.25) is 0 Å². The first kappa shape index (κ1) is 19.4. The first-order chi connectivity index (χ1) is 13.4. The Hall–Kier alpha value is -1.89. The van der Waals surface area contributed by atoms with Gasteiger partial charge in [0.15, 0.2) is 0 Å². The summed E-state index contributed by atoms with van der Waals surface area (Å²) < 4.78 is 11.7. The molecule has 2 N–H and O–H groups in total. The fourth-order valence-electron chi connectivity index (χ4n) is 4.68. The molecule has 6 nitrogen and oxygen atoms in total. The maximum Gasteiger partial charge on any atom is 0.251 e. The highest BCUT2D eigenvalue weighted by Crippen LogP contribution is 2.39. The van der Waals surface area contributed by atoms with E-state index in [0.29, 0.717) is 25.2 Å². The van der Waals surface area contributed by atoms with Crippen LogP contribution < -0.4 is 10.1 Å². The molecule has 0 aliphatic carbocycles. The van der Waals surface area contributed by atoms with Crippen molar-refractivity contribution in [2.45, 2.75) is 49.9 Å². The average molecular weight is 386 g/mol. The molecule has 152 valence electrons. The van der Waals surface area contributed by atoms with Crippen LogP contribution in [0.15, 0.2) is 30.9 Å². The van der Waals surface area contributed by atoms with E-state index < -0.39 is 11.6 Å². The van der Waals surface area contributed by atoms with Crippen molar-refractivity contribution < 1.29 is 19.4 Å². The van der Waals surface area contributed by atoms with E-state index in [9.17, 15) is 9.90 Å². The van der Waals surface area contributed by atoms with Crippen LogP contribution in [-0.2, 0) is 11.2 Å². The van der Waals surface area contributed by atoms with E-state index in [1.165, 1.54) is 0 Å². The van der Waals surface area contributed by atoms with Gasteiger partial charge in [-0.05, 0) is 43.5 Å². The second kappa shape index (κ2) is 7.50. The van der Waals surface area contributed by atoms with Gasteiger partial charge in [0.2, 0.25) is 0 Å². The summed E-state index contributed by atoms with van der Waals surface area (Å²) in [6.45, 7) is 9.38. The Morgan fingerprint density at radius 3 is 2.93 bits per heavy atom. The lowest BCUT2D eigenvalue weighted by atomic mass is 9.75. The van der Waals surface area contributed by atoms with Crippen molar-refractivity contribution in [3.8, 4) is 5.75 Å². The Balaban J connectivity index is 1.39. The lowest BCUT2D eigenvalue weighted by molar-refractivity contribution is -0.185. The van der Waals surface area contributed by atoms with Gasteiger partial charge >= 0.3 is 0 Å². The zero-order valence-electron chi connectivity index (χ0n) is 16.6. The van der Waals surface area contributed by atoms with Gasteiger partial charge in [0.1, 0.15) is 5.75 Å². The number of carbonyl (C=O) groups is 1. The van der Waals surface area contributed by atoms with Gasteiger partial charge in [-0.3, -0.25) is 9.69 Å². The lowest BCUT2D eigenvalue weighted by Gasteiger charge is -2.51. The molecule has 28 heavy (non-hydrogen) atoms. The molecule has 0 unspecified atom stereocenters. The molecule has 1 aromatic rings. The molecular weight excluding hydrogens is 356 g/mol. The summed E-state index contributed by atoms with van der Waals surface area (Å²) in [5, 5.41) is 14.1. The van der Waals surface area contributed by atoms with Crippen molar-refractivity contribution in [2.75, 3.05) is 32.8 Å². The third-order valence-electron chi connectivity index (χ3n) is 6.40. The summed E-state index contributed by atoms with van der Waals surface area (Å²) in [4.78, 5) is 15.1. The Morgan fingerprint density at radius 1 is 1.43 bits per heavy atom. The topological polar surface area (TPSA) is 71.0 Å². The van der Waals surface area contributed by atoms with Crippen molar-refractivity contribution in [1.82, 2.24) is 10.2 Å². The van der Waals surface area contributed by atoms with Gasteiger partial charge < -0.3 is 19.9 Å². The number of hydrogen-bond donors (Lipinski definition) is 2. The van der Waals surface area contributed by atoms with Gasteiger partial charge in [-0.1, -0.05) is 6.08 Å². The molecule has 0 bridgehead atoms. The number of fused-ring (bicyclic) bond motifs is 1. The van der Waals surface area contributed by atoms with E-state index in [4.69, 9.17) is 9.47 Å². The van der Waals surface area contributed by atoms with Crippen LogP contribution >= 0.6 is 0 Å².